The number of hydrogen-bond acceptors (Lipinski definition) is 2. The van der Waals surface area contributed by atoms with E-state index in [-0.39, 0.29) is 21.9 Å². The second-order valence-electron chi connectivity index (χ2n) is 3.26. The van der Waals surface area contributed by atoms with Crippen molar-refractivity contribution in [3.8, 4) is 0 Å². The Labute approximate surface area is 107 Å². The molecule has 0 aliphatic carbocycles. The van der Waals surface area contributed by atoms with E-state index in [2.05, 4.69) is 15.9 Å². The number of amides is 1. The first kappa shape index (κ1) is 13.1. The first-order chi connectivity index (χ1) is 7.41. The molecule has 2 N–H and O–H groups in total. The fourth-order valence-corrected chi connectivity index (χ4v) is 1.73. The highest BCUT2D eigenvalue weighted by Crippen LogP contribution is 2.17. The predicted octanol–water partition coefficient (Wildman–Crippen LogP) is 1.95. The van der Waals surface area contributed by atoms with Crippen LogP contribution in [0.3, 0.4) is 0 Å². The van der Waals surface area contributed by atoms with E-state index in [1.165, 1.54) is 23.1 Å². The Morgan fingerprint density at radius 1 is 1.62 bits per heavy atom. The van der Waals surface area contributed by atoms with Gasteiger partial charge in [0.25, 0.3) is 5.91 Å². The summed E-state index contributed by atoms with van der Waals surface area (Å²) in [5.74, 6) is -0.665. The molecule has 0 aliphatic heterocycles. The van der Waals surface area contributed by atoms with Gasteiger partial charge in [-0.3, -0.25) is 4.79 Å². The zero-order valence-corrected chi connectivity index (χ0v) is 10.9. The Bertz CT molecular complexity index is 439. The van der Waals surface area contributed by atoms with E-state index in [0.717, 1.165) is 0 Å². The number of hydrogen-bond donors (Lipinski definition) is 1. The van der Waals surface area contributed by atoms with Gasteiger partial charge in [-0.2, -0.15) is 0 Å². The molecule has 0 radical (unpaired) electrons. The van der Waals surface area contributed by atoms with E-state index in [9.17, 15) is 9.18 Å². The third-order valence-electron chi connectivity index (χ3n) is 1.91. The van der Waals surface area contributed by atoms with Crippen molar-refractivity contribution in [1.82, 2.24) is 4.90 Å². The minimum atomic E-state index is -0.409. The zero-order chi connectivity index (χ0) is 12.3. The summed E-state index contributed by atoms with van der Waals surface area (Å²) < 4.78 is 13.2. The van der Waals surface area contributed by atoms with Crippen molar-refractivity contribution >= 4 is 39.0 Å². The maximum absolute atomic E-state index is 13.0. The molecule has 0 heterocycles. The monoisotopic (exact) mass is 304 g/mol. The van der Waals surface area contributed by atoms with Crippen LogP contribution in [0.4, 0.5) is 4.39 Å². The van der Waals surface area contributed by atoms with E-state index in [1.807, 2.05) is 0 Å². The fraction of sp³-hybridized carbons (Fsp3) is 0.200. The Morgan fingerprint density at radius 2 is 2.25 bits per heavy atom. The van der Waals surface area contributed by atoms with Gasteiger partial charge < -0.3 is 10.6 Å². The Hall–Kier alpha value is -1.01. The van der Waals surface area contributed by atoms with Gasteiger partial charge in [0, 0.05) is 12.6 Å². The fourth-order valence-electron chi connectivity index (χ4n) is 1.16. The summed E-state index contributed by atoms with van der Waals surface area (Å²) in [5.41, 5.74) is 5.71. The first-order valence-electron chi connectivity index (χ1n) is 4.40. The maximum atomic E-state index is 13.0. The minimum Gasteiger partial charge on any atom is -0.392 e. The highest BCUT2D eigenvalue weighted by atomic mass is 79.9. The lowest BCUT2D eigenvalue weighted by molar-refractivity contribution is 0.0815. The Balaban J connectivity index is 2.88. The predicted molar refractivity (Wildman–Crippen MR) is 67.8 cm³/mol. The molecule has 3 nitrogen and oxygen atoms in total. The summed E-state index contributed by atoms with van der Waals surface area (Å²) in [7, 11) is 1.58. The van der Waals surface area contributed by atoms with E-state index in [1.54, 1.807) is 7.05 Å². The highest BCUT2D eigenvalue weighted by molar-refractivity contribution is 9.10. The molecule has 0 unspecified atom stereocenters. The van der Waals surface area contributed by atoms with Gasteiger partial charge in [0.05, 0.1) is 16.0 Å². The maximum Gasteiger partial charge on any atom is 0.254 e. The number of carbonyl (C=O) groups is 1. The number of rotatable bonds is 3. The van der Waals surface area contributed by atoms with Crippen LogP contribution in [-0.2, 0) is 0 Å². The van der Waals surface area contributed by atoms with Crippen molar-refractivity contribution in [2.24, 2.45) is 5.73 Å². The summed E-state index contributed by atoms with van der Waals surface area (Å²) in [6.45, 7) is 0.198. The number of likely N-dealkylation sites (N-methyl/N-ethyl adjacent to an activating group) is 1. The standard InChI is InChI=1S/C10H10BrFN2OS/c1-14(5-9(13)16)10(15)6-2-3-8(12)7(11)4-6/h2-4H,5H2,1H3,(H2,13,16). The van der Waals surface area contributed by atoms with Crippen LogP contribution in [-0.4, -0.2) is 29.4 Å². The molecule has 0 atom stereocenters. The average molecular weight is 305 g/mol. The van der Waals surface area contributed by atoms with E-state index in [4.69, 9.17) is 18.0 Å². The number of thiocarbonyl (C=S) groups is 1. The van der Waals surface area contributed by atoms with Crippen LogP contribution in [0.2, 0.25) is 0 Å². The van der Waals surface area contributed by atoms with Gasteiger partial charge in [0.15, 0.2) is 0 Å². The summed E-state index contributed by atoms with van der Waals surface area (Å²) in [6, 6.07) is 4.07. The first-order valence-corrected chi connectivity index (χ1v) is 5.60. The second kappa shape index (κ2) is 5.36. The van der Waals surface area contributed by atoms with Gasteiger partial charge in [0.2, 0.25) is 0 Å². The Morgan fingerprint density at radius 3 is 2.75 bits per heavy atom. The van der Waals surface area contributed by atoms with Crippen LogP contribution < -0.4 is 5.73 Å². The van der Waals surface area contributed by atoms with Gasteiger partial charge in [-0.05, 0) is 34.1 Å². The van der Waals surface area contributed by atoms with Crippen LogP contribution >= 0.6 is 28.1 Å². The average Bonchev–Trinajstić information content (AvgIpc) is 2.20. The van der Waals surface area contributed by atoms with E-state index < -0.39 is 5.82 Å². The Kier molecular flexibility index (Phi) is 4.37. The zero-order valence-electron chi connectivity index (χ0n) is 8.54. The van der Waals surface area contributed by atoms with Crippen molar-refractivity contribution < 1.29 is 9.18 Å². The van der Waals surface area contributed by atoms with Crippen LogP contribution in [0.25, 0.3) is 0 Å². The van der Waals surface area contributed by atoms with E-state index >= 15 is 0 Å². The van der Waals surface area contributed by atoms with Gasteiger partial charge in [-0.25, -0.2) is 4.39 Å². The van der Waals surface area contributed by atoms with Gasteiger partial charge >= 0.3 is 0 Å². The molecular formula is C10H10BrFN2OS. The molecule has 1 aromatic carbocycles. The third-order valence-corrected chi connectivity index (χ3v) is 2.64. The number of nitrogens with zero attached hydrogens (tertiary/aromatic N) is 1. The minimum absolute atomic E-state index is 0.198. The molecule has 0 aliphatic rings. The summed E-state index contributed by atoms with van der Waals surface area (Å²) in [6.07, 6.45) is 0. The molecule has 0 aromatic heterocycles. The van der Waals surface area contributed by atoms with Gasteiger partial charge in [-0.1, -0.05) is 12.2 Å². The highest BCUT2D eigenvalue weighted by Gasteiger charge is 2.13. The van der Waals surface area contributed by atoms with Crippen molar-refractivity contribution in [3.63, 3.8) is 0 Å². The lowest BCUT2D eigenvalue weighted by atomic mass is 10.2. The number of benzene rings is 1. The molecule has 0 bridgehead atoms. The SMILES string of the molecule is CN(CC(N)=S)C(=O)c1ccc(F)c(Br)c1. The van der Waals surface area contributed by atoms with Crippen molar-refractivity contribution in [2.45, 2.75) is 0 Å². The molecule has 0 saturated carbocycles. The molecule has 1 amide bonds. The molecule has 16 heavy (non-hydrogen) atoms. The molecule has 0 spiro atoms. The summed E-state index contributed by atoms with van der Waals surface area (Å²) in [4.78, 5) is 13.4. The number of nitrogens with two attached hydrogens (primary N) is 1. The molecule has 1 rings (SSSR count). The molecule has 0 saturated heterocycles. The smallest absolute Gasteiger partial charge is 0.254 e. The van der Waals surface area contributed by atoms with Gasteiger partial charge in [-0.15, -0.1) is 0 Å². The lowest BCUT2D eigenvalue weighted by Gasteiger charge is -2.16. The van der Waals surface area contributed by atoms with Crippen molar-refractivity contribution in [2.75, 3.05) is 13.6 Å². The summed E-state index contributed by atoms with van der Waals surface area (Å²) in [5, 5.41) is 0. The van der Waals surface area contributed by atoms with Gasteiger partial charge in [0.1, 0.15) is 5.82 Å². The van der Waals surface area contributed by atoms with Crippen LogP contribution in [0, 0.1) is 5.82 Å². The number of halogens is 2. The molecule has 0 fully saturated rings. The second-order valence-corrected chi connectivity index (χ2v) is 4.64. The normalized spacial score (nSPS) is 9.94. The summed E-state index contributed by atoms with van der Waals surface area (Å²) >= 11 is 7.72. The van der Waals surface area contributed by atoms with Crippen LogP contribution in [0.15, 0.2) is 22.7 Å². The quantitative estimate of drug-likeness (QED) is 0.868. The topological polar surface area (TPSA) is 46.3 Å². The van der Waals surface area contributed by atoms with E-state index in [0.29, 0.717) is 5.56 Å². The molecule has 1 aromatic rings. The third kappa shape index (κ3) is 3.24. The molecular weight excluding hydrogens is 295 g/mol. The van der Waals surface area contributed by atoms with Crippen LogP contribution in [0.1, 0.15) is 10.4 Å². The van der Waals surface area contributed by atoms with Crippen molar-refractivity contribution in [3.05, 3.63) is 34.1 Å². The van der Waals surface area contributed by atoms with Crippen LogP contribution in [0.5, 0.6) is 0 Å². The van der Waals surface area contributed by atoms with Crippen molar-refractivity contribution in [1.29, 1.82) is 0 Å². The largest absolute Gasteiger partial charge is 0.392 e. The molecule has 6 heteroatoms. The molecule has 86 valence electrons. The lowest BCUT2D eigenvalue weighted by Crippen LogP contribution is -2.34. The number of carbonyl (C=O) groups excluding carboxylic acids is 1.